The van der Waals surface area contributed by atoms with Gasteiger partial charge in [-0.05, 0) is 115 Å². The van der Waals surface area contributed by atoms with E-state index < -0.39 is 0 Å². The van der Waals surface area contributed by atoms with Gasteiger partial charge in [-0.15, -0.1) is 0 Å². The number of rotatable bonds is 8. The molecule has 0 bridgehead atoms. The van der Waals surface area contributed by atoms with E-state index in [2.05, 4.69) is 178 Å². The van der Waals surface area contributed by atoms with Crippen LogP contribution in [0.25, 0.3) is 33.3 Å². The SMILES string of the molecule is Cc1nn(-c2cc(Oc3ccc4c5ccccc5n(-c5cc(CC(C)C)ccn5)c4c3)cc(C(C)C)c2)c(C)c1[C@H]1C(C(C)(C)C)=C[C@H](C)CC1C(C)(C)C. The molecule has 55 heavy (non-hydrogen) atoms. The van der Waals surface area contributed by atoms with E-state index in [0.29, 0.717) is 29.6 Å². The van der Waals surface area contributed by atoms with Gasteiger partial charge in [0.05, 0.1) is 22.4 Å². The van der Waals surface area contributed by atoms with E-state index in [-0.39, 0.29) is 10.8 Å². The summed E-state index contributed by atoms with van der Waals surface area (Å²) in [6.07, 6.45) is 6.71. The lowest BCUT2D eigenvalue weighted by atomic mass is 9.58. The molecule has 3 aromatic heterocycles. The number of para-hydroxylation sites is 1. The average molecular weight is 735 g/mol. The quantitative estimate of drug-likeness (QED) is 0.146. The van der Waals surface area contributed by atoms with E-state index in [0.717, 1.165) is 46.2 Å². The molecule has 0 fully saturated rings. The first kappa shape index (κ1) is 38.6. The molecule has 0 aliphatic heterocycles. The Kier molecular flexibility index (Phi) is 10.2. The van der Waals surface area contributed by atoms with Gasteiger partial charge < -0.3 is 4.74 Å². The Morgan fingerprint density at radius 1 is 0.818 bits per heavy atom. The predicted molar refractivity (Wildman–Crippen MR) is 231 cm³/mol. The summed E-state index contributed by atoms with van der Waals surface area (Å²) in [4.78, 5) is 4.88. The standard InChI is InChI=1S/C50H62N4O/c1-30(2)22-35-20-21-51-46(25-35)53-44-17-15-14-16-40(44)41-19-18-38(29-45(41)53)55-39-27-36(31(3)4)26-37(28-39)54-34(7)47(33(6)52-54)48-42(49(8,9)10)23-32(5)24-43(48)50(11,12)13/h14-21,23,25-32,43,48H,22,24H2,1-13H3/t32-,43?,48-/m0/s1. The zero-order chi connectivity index (χ0) is 39.6. The van der Waals surface area contributed by atoms with E-state index in [1.807, 2.05) is 6.20 Å². The van der Waals surface area contributed by atoms with Crippen LogP contribution in [0.1, 0.15) is 122 Å². The molecule has 288 valence electrons. The highest BCUT2D eigenvalue weighted by Gasteiger charge is 2.44. The summed E-state index contributed by atoms with van der Waals surface area (Å²) in [5.74, 6) is 4.78. The largest absolute Gasteiger partial charge is 0.457 e. The molecule has 5 heteroatoms. The van der Waals surface area contributed by atoms with E-state index in [1.165, 1.54) is 39.6 Å². The maximum absolute atomic E-state index is 6.85. The fourth-order valence-electron chi connectivity index (χ4n) is 9.21. The van der Waals surface area contributed by atoms with Gasteiger partial charge >= 0.3 is 0 Å². The third-order valence-electron chi connectivity index (χ3n) is 11.9. The first-order valence-corrected chi connectivity index (χ1v) is 20.5. The first-order valence-electron chi connectivity index (χ1n) is 20.5. The van der Waals surface area contributed by atoms with Gasteiger partial charge in [0.2, 0.25) is 0 Å². The molecule has 0 saturated heterocycles. The lowest BCUT2D eigenvalue weighted by Crippen LogP contribution is -2.36. The molecule has 7 rings (SSSR count). The van der Waals surface area contributed by atoms with E-state index in [1.54, 1.807) is 5.57 Å². The summed E-state index contributed by atoms with van der Waals surface area (Å²) in [6.45, 7) is 30.3. The fraction of sp³-hybridized carbons (Fsp3) is 0.440. The van der Waals surface area contributed by atoms with Gasteiger partial charge in [0, 0.05) is 46.3 Å². The molecule has 3 aromatic carbocycles. The molecule has 0 N–H and O–H groups in total. The molecule has 0 radical (unpaired) electrons. The number of hydrogen-bond acceptors (Lipinski definition) is 3. The Morgan fingerprint density at radius 2 is 1.55 bits per heavy atom. The van der Waals surface area contributed by atoms with Crippen molar-refractivity contribution < 1.29 is 4.74 Å². The molecule has 5 nitrogen and oxygen atoms in total. The molecule has 0 amide bonds. The highest BCUT2D eigenvalue weighted by atomic mass is 16.5. The van der Waals surface area contributed by atoms with Crippen molar-refractivity contribution in [2.45, 2.75) is 115 Å². The van der Waals surface area contributed by atoms with Gasteiger partial charge in [-0.3, -0.25) is 4.57 Å². The van der Waals surface area contributed by atoms with Crippen molar-refractivity contribution in [1.29, 1.82) is 0 Å². The highest BCUT2D eigenvalue weighted by Crippen LogP contribution is 2.54. The van der Waals surface area contributed by atoms with Crippen LogP contribution in [0.2, 0.25) is 0 Å². The first-order chi connectivity index (χ1) is 25.9. The minimum atomic E-state index is 0.0577. The van der Waals surface area contributed by atoms with Gasteiger partial charge in [-0.2, -0.15) is 5.10 Å². The number of ether oxygens (including phenoxy) is 1. The van der Waals surface area contributed by atoms with Crippen LogP contribution in [-0.2, 0) is 6.42 Å². The van der Waals surface area contributed by atoms with E-state index in [4.69, 9.17) is 14.8 Å². The molecule has 6 aromatic rings. The third kappa shape index (κ3) is 7.52. The Morgan fingerprint density at radius 3 is 2.24 bits per heavy atom. The maximum Gasteiger partial charge on any atom is 0.137 e. The molecule has 3 heterocycles. The number of allylic oxidation sites excluding steroid dienone is 2. The average Bonchev–Trinajstić information content (AvgIpc) is 3.59. The van der Waals surface area contributed by atoms with E-state index >= 15 is 0 Å². The van der Waals surface area contributed by atoms with Crippen LogP contribution < -0.4 is 4.74 Å². The van der Waals surface area contributed by atoms with Gasteiger partial charge in [0.25, 0.3) is 0 Å². The Balaban J connectivity index is 1.32. The van der Waals surface area contributed by atoms with Crippen molar-refractivity contribution in [3.05, 3.63) is 119 Å². The third-order valence-corrected chi connectivity index (χ3v) is 11.9. The molecule has 1 aliphatic rings. The number of fused-ring (bicyclic) bond motifs is 3. The van der Waals surface area contributed by atoms with E-state index in [9.17, 15) is 0 Å². The van der Waals surface area contributed by atoms with Crippen LogP contribution in [0.4, 0.5) is 0 Å². The smallest absolute Gasteiger partial charge is 0.137 e. The summed E-state index contributed by atoms with van der Waals surface area (Å²) in [5.41, 5.74) is 11.2. The molecule has 3 atom stereocenters. The van der Waals surface area contributed by atoms with Crippen LogP contribution in [0.5, 0.6) is 11.5 Å². The zero-order valence-electron chi connectivity index (χ0n) is 35.6. The summed E-state index contributed by atoms with van der Waals surface area (Å²) in [5, 5.41) is 7.70. The second kappa shape index (κ2) is 14.5. The van der Waals surface area contributed by atoms with Crippen LogP contribution in [0, 0.1) is 42.4 Å². The minimum absolute atomic E-state index is 0.0577. The van der Waals surface area contributed by atoms with Gasteiger partial charge in [-0.25, -0.2) is 9.67 Å². The van der Waals surface area contributed by atoms with Crippen LogP contribution in [0.15, 0.2) is 90.6 Å². The number of nitrogens with zero attached hydrogens (tertiary/aromatic N) is 4. The number of aromatic nitrogens is 4. The van der Waals surface area contributed by atoms with Crippen molar-refractivity contribution in [2.75, 3.05) is 0 Å². The van der Waals surface area contributed by atoms with Crippen molar-refractivity contribution >= 4 is 21.8 Å². The molecular formula is C50H62N4O. The summed E-state index contributed by atoms with van der Waals surface area (Å²) >= 11 is 0. The molecule has 0 saturated carbocycles. The summed E-state index contributed by atoms with van der Waals surface area (Å²) in [6, 6.07) is 26.1. The zero-order valence-corrected chi connectivity index (χ0v) is 35.6. The minimum Gasteiger partial charge on any atom is -0.457 e. The number of pyridine rings is 1. The summed E-state index contributed by atoms with van der Waals surface area (Å²) < 4.78 is 11.3. The molecule has 1 aliphatic carbocycles. The van der Waals surface area contributed by atoms with Crippen molar-refractivity contribution in [3.8, 4) is 23.0 Å². The second-order valence-electron chi connectivity index (χ2n) is 19.2. The highest BCUT2D eigenvalue weighted by molar-refractivity contribution is 6.09. The maximum atomic E-state index is 6.85. The normalized spacial score (nSPS) is 18.2. The lowest BCUT2D eigenvalue weighted by Gasteiger charge is -2.46. The predicted octanol–water partition coefficient (Wildman–Crippen LogP) is 13.9. The van der Waals surface area contributed by atoms with Crippen LogP contribution in [-0.4, -0.2) is 19.3 Å². The molecule has 1 unspecified atom stereocenters. The molecular weight excluding hydrogens is 673 g/mol. The van der Waals surface area contributed by atoms with Crippen molar-refractivity contribution in [2.24, 2.45) is 28.6 Å². The number of hydrogen-bond donors (Lipinski definition) is 0. The molecule has 0 spiro atoms. The lowest BCUT2D eigenvalue weighted by molar-refractivity contribution is 0.162. The van der Waals surface area contributed by atoms with Gasteiger partial charge in [-0.1, -0.05) is 106 Å². The van der Waals surface area contributed by atoms with Crippen LogP contribution >= 0.6 is 0 Å². The van der Waals surface area contributed by atoms with Gasteiger partial charge in [0.1, 0.15) is 17.3 Å². The van der Waals surface area contributed by atoms with Crippen LogP contribution in [0.3, 0.4) is 0 Å². The second-order valence-corrected chi connectivity index (χ2v) is 19.2. The Bertz CT molecular complexity index is 2390. The fourth-order valence-corrected chi connectivity index (χ4v) is 9.21. The monoisotopic (exact) mass is 734 g/mol. The number of aryl methyl sites for hydroxylation is 1. The van der Waals surface area contributed by atoms with Crippen molar-refractivity contribution in [3.63, 3.8) is 0 Å². The Hall–Kier alpha value is -4.64. The number of benzene rings is 3. The van der Waals surface area contributed by atoms with Crippen molar-refractivity contribution in [1.82, 2.24) is 19.3 Å². The topological polar surface area (TPSA) is 44.9 Å². The van der Waals surface area contributed by atoms with Gasteiger partial charge in [0.15, 0.2) is 0 Å². The summed E-state index contributed by atoms with van der Waals surface area (Å²) in [7, 11) is 0. The Labute approximate surface area is 329 Å².